The monoisotopic (exact) mass is 234 g/mol. The first-order chi connectivity index (χ1) is 8.12. The van der Waals surface area contributed by atoms with Crippen LogP contribution in [0, 0.1) is 5.92 Å². The zero-order chi connectivity index (χ0) is 12.3. The number of benzene rings is 1. The van der Waals surface area contributed by atoms with Gasteiger partial charge in [0.1, 0.15) is 0 Å². The topological polar surface area (TPSA) is 29.5 Å². The highest BCUT2D eigenvalue weighted by Gasteiger charge is 2.34. The first kappa shape index (κ1) is 12.6. The van der Waals surface area contributed by atoms with Gasteiger partial charge in [0, 0.05) is 18.9 Å². The van der Waals surface area contributed by atoms with Crippen LogP contribution in [0.15, 0.2) is 24.3 Å². The van der Waals surface area contributed by atoms with E-state index in [0.717, 1.165) is 19.4 Å². The first-order valence-corrected chi connectivity index (χ1v) is 6.50. The zero-order valence-corrected chi connectivity index (χ0v) is 10.8. The van der Waals surface area contributed by atoms with Gasteiger partial charge in [-0.1, -0.05) is 31.2 Å². The largest absolute Gasteiger partial charge is 0.389 e. The van der Waals surface area contributed by atoms with Gasteiger partial charge in [0.15, 0.2) is 0 Å². The molecule has 0 spiro atoms. The molecule has 1 N–H and O–H groups in total. The molecule has 94 valence electrons. The van der Waals surface area contributed by atoms with Crippen molar-refractivity contribution in [3.63, 3.8) is 0 Å². The second kappa shape index (κ2) is 5.19. The average molecular weight is 234 g/mol. The van der Waals surface area contributed by atoms with E-state index in [1.165, 1.54) is 11.1 Å². The number of aliphatic hydroxyl groups is 1. The third kappa shape index (κ3) is 3.08. The fraction of sp³-hybridized carbons (Fsp3) is 0.600. The molecule has 0 amide bonds. The van der Waals surface area contributed by atoms with Crippen LogP contribution in [0.4, 0.5) is 0 Å². The molecule has 0 aromatic heterocycles. The Morgan fingerprint density at radius 1 is 1.29 bits per heavy atom. The molecular formula is C15H22O2. The van der Waals surface area contributed by atoms with Gasteiger partial charge >= 0.3 is 0 Å². The molecule has 2 heteroatoms. The fourth-order valence-electron chi connectivity index (χ4n) is 2.48. The predicted octanol–water partition coefficient (Wildman–Crippen LogP) is 2.58. The van der Waals surface area contributed by atoms with E-state index in [0.29, 0.717) is 13.0 Å². The van der Waals surface area contributed by atoms with Crippen LogP contribution in [0.5, 0.6) is 0 Å². The number of aryl methyl sites for hydroxylation is 1. The summed E-state index contributed by atoms with van der Waals surface area (Å²) in [5.74, 6) is 0.272. The van der Waals surface area contributed by atoms with Crippen LogP contribution in [-0.2, 0) is 17.6 Å². The van der Waals surface area contributed by atoms with E-state index in [-0.39, 0.29) is 5.92 Å². The summed E-state index contributed by atoms with van der Waals surface area (Å²) >= 11 is 0. The zero-order valence-electron chi connectivity index (χ0n) is 10.8. The summed E-state index contributed by atoms with van der Waals surface area (Å²) in [6.45, 7) is 5.57. The van der Waals surface area contributed by atoms with Crippen molar-refractivity contribution in [2.45, 2.75) is 38.7 Å². The molecular weight excluding hydrogens is 212 g/mol. The van der Waals surface area contributed by atoms with E-state index >= 15 is 0 Å². The van der Waals surface area contributed by atoms with E-state index in [1.54, 1.807) is 0 Å². The van der Waals surface area contributed by atoms with E-state index in [9.17, 15) is 5.11 Å². The average Bonchev–Trinajstić information content (AvgIpc) is 2.84. The number of rotatable bonds is 4. The van der Waals surface area contributed by atoms with Crippen molar-refractivity contribution in [3.05, 3.63) is 35.4 Å². The second-order valence-electron chi connectivity index (χ2n) is 5.26. The Kier molecular flexibility index (Phi) is 3.85. The lowest BCUT2D eigenvalue weighted by molar-refractivity contribution is -0.00454. The summed E-state index contributed by atoms with van der Waals surface area (Å²) in [7, 11) is 0. The summed E-state index contributed by atoms with van der Waals surface area (Å²) in [5, 5.41) is 10.5. The molecule has 17 heavy (non-hydrogen) atoms. The van der Waals surface area contributed by atoms with Crippen molar-refractivity contribution in [2.75, 3.05) is 13.2 Å². The van der Waals surface area contributed by atoms with Crippen LogP contribution in [0.1, 0.15) is 31.4 Å². The maximum Gasteiger partial charge on any atom is 0.0710 e. The van der Waals surface area contributed by atoms with Gasteiger partial charge in [-0.15, -0.1) is 0 Å². The van der Waals surface area contributed by atoms with Gasteiger partial charge in [0.25, 0.3) is 0 Å². The molecule has 2 unspecified atom stereocenters. The van der Waals surface area contributed by atoms with Crippen LogP contribution >= 0.6 is 0 Å². The minimum absolute atomic E-state index is 0.272. The number of hydrogen-bond acceptors (Lipinski definition) is 2. The van der Waals surface area contributed by atoms with Crippen LogP contribution in [-0.4, -0.2) is 23.9 Å². The molecule has 1 aromatic carbocycles. The Morgan fingerprint density at radius 2 is 1.94 bits per heavy atom. The Bertz CT molecular complexity index is 348. The molecule has 1 aliphatic rings. The smallest absolute Gasteiger partial charge is 0.0710 e. The summed E-state index contributed by atoms with van der Waals surface area (Å²) in [6.07, 6.45) is 2.75. The molecule has 1 fully saturated rings. The number of ether oxygens (including phenoxy) is 1. The van der Waals surface area contributed by atoms with Crippen molar-refractivity contribution < 1.29 is 9.84 Å². The SMILES string of the molecule is CCc1ccc(CC(C)(O)C2CCOC2)cc1. The molecule has 0 bridgehead atoms. The van der Waals surface area contributed by atoms with Gasteiger partial charge in [0.2, 0.25) is 0 Å². The normalized spacial score (nSPS) is 23.6. The van der Waals surface area contributed by atoms with Crippen molar-refractivity contribution in [1.82, 2.24) is 0 Å². The molecule has 2 rings (SSSR count). The summed E-state index contributed by atoms with van der Waals surface area (Å²) in [4.78, 5) is 0. The lowest BCUT2D eigenvalue weighted by Gasteiger charge is -2.29. The molecule has 0 aliphatic carbocycles. The third-order valence-electron chi connectivity index (χ3n) is 3.80. The van der Waals surface area contributed by atoms with Gasteiger partial charge in [-0.3, -0.25) is 0 Å². The third-order valence-corrected chi connectivity index (χ3v) is 3.80. The molecule has 1 aromatic rings. The van der Waals surface area contributed by atoms with E-state index < -0.39 is 5.60 Å². The highest BCUT2D eigenvalue weighted by atomic mass is 16.5. The fourth-order valence-corrected chi connectivity index (χ4v) is 2.48. The standard InChI is InChI=1S/C15H22O2/c1-3-12-4-6-13(7-5-12)10-15(2,16)14-8-9-17-11-14/h4-7,14,16H,3,8-11H2,1-2H3. The molecule has 0 radical (unpaired) electrons. The van der Waals surface area contributed by atoms with Crippen molar-refractivity contribution in [2.24, 2.45) is 5.92 Å². The summed E-state index contributed by atoms with van der Waals surface area (Å²) < 4.78 is 5.36. The van der Waals surface area contributed by atoms with Gasteiger partial charge in [-0.25, -0.2) is 0 Å². The quantitative estimate of drug-likeness (QED) is 0.867. The lowest BCUT2D eigenvalue weighted by Crippen LogP contribution is -2.37. The lowest BCUT2D eigenvalue weighted by atomic mass is 9.83. The molecule has 1 saturated heterocycles. The van der Waals surface area contributed by atoms with Crippen LogP contribution in [0.3, 0.4) is 0 Å². The predicted molar refractivity (Wildman–Crippen MR) is 69.1 cm³/mol. The second-order valence-corrected chi connectivity index (χ2v) is 5.26. The van der Waals surface area contributed by atoms with E-state index in [1.807, 2.05) is 6.92 Å². The van der Waals surface area contributed by atoms with Crippen molar-refractivity contribution >= 4 is 0 Å². The maximum absolute atomic E-state index is 10.5. The Morgan fingerprint density at radius 3 is 2.47 bits per heavy atom. The van der Waals surface area contributed by atoms with Gasteiger partial charge in [-0.05, 0) is 30.9 Å². The minimum atomic E-state index is -0.649. The van der Waals surface area contributed by atoms with Gasteiger partial charge in [0.05, 0.1) is 12.2 Å². The molecule has 2 atom stereocenters. The summed E-state index contributed by atoms with van der Waals surface area (Å²) in [6, 6.07) is 8.55. The highest BCUT2D eigenvalue weighted by molar-refractivity contribution is 5.23. The van der Waals surface area contributed by atoms with Crippen molar-refractivity contribution in [1.29, 1.82) is 0 Å². The molecule has 1 aliphatic heterocycles. The van der Waals surface area contributed by atoms with Gasteiger partial charge < -0.3 is 9.84 Å². The van der Waals surface area contributed by atoms with Crippen LogP contribution in [0.25, 0.3) is 0 Å². The first-order valence-electron chi connectivity index (χ1n) is 6.50. The number of hydrogen-bond donors (Lipinski definition) is 1. The van der Waals surface area contributed by atoms with Gasteiger partial charge in [-0.2, -0.15) is 0 Å². The van der Waals surface area contributed by atoms with E-state index in [2.05, 4.69) is 31.2 Å². The Hall–Kier alpha value is -0.860. The summed E-state index contributed by atoms with van der Waals surface area (Å²) in [5.41, 5.74) is 1.90. The Labute approximate surface area is 104 Å². The maximum atomic E-state index is 10.5. The molecule has 2 nitrogen and oxygen atoms in total. The minimum Gasteiger partial charge on any atom is -0.389 e. The van der Waals surface area contributed by atoms with E-state index in [4.69, 9.17) is 4.74 Å². The van der Waals surface area contributed by atoms with Crippen LogP contribution < -0.4 is 0 Å². The molecule has 1 heterocycles. The molecule has 0 saturated carbocycles. The Balaban J connectivity index is 2.02. The highest BCUT2D eigenvalue weighted by Crippen LogP contribution is 2.29. The van der Waals surface area contributed by atoms with Crippen molar-refractivity contribution in [3.8, 4) is 0 Å². The van der Waals surface area contributed by atoms with Crippen LogP contribution in [0.2, 0.25) is 0 Å².